The van der Waals surface area contributed by atoms with Crippen molar-refractivity contribution < 1.29 is 34.1 Å². The zero-order valence-corrected chi connectivity index (χ0v) is 27.0. The van der Waals surface area contributed by atoms with Crippen LogP contribution in [0.1, 0.15) is 77.7 Å². The molecule has 4 unspecified atom stereocenters. The first-order chi connectivity index (χ1) is 21.6. The van der Waals surface area contributed by atoms with Crippen molar-refractivity contribution in [3.63, 3.8) is 0 Å². The van der Waals surface area contributed by atoms with E-state index in [1.54, 1.807) is 31.2 Å². The largest absolute Gasteiger partial charge is 0.508 e. The quantitative estimate of drug-likeness (QED) is 0.245. The van der Waals surface area contributed by atoms with Gasteiger partial charge in [-0.15, -0.1) is 0 Å². The number of phenols is 1. The second-order valence-electron chi connectivity index (χ2n) is 12.2. The van der Waals surface area contributed by atoms with Gasteiger partial charge in [0.1, 0.15) is 17.9 Å². The first-order valence-electron chi connectivity index (χ1n) is 16.1. The molecule has 1 saturated carbocycles. The molecule has 45 heavy (non-hydrogen) atoms. The Bertz CT molecular complexity index is 1260. The number of carbonyl (C=O) groups excluding carboxylic acids is 3. The number of carbonyl (C=O) groups is 3. The molecule has 3 rings (SSSR count). The van der Waals surface area contributed by atoms with Crippen molar-refractivity contribution in [3.05, 3.63) is 71.9 Å². The second-order valence-corrected chi connectivity index (χ2v) is 12.2. The number of rotatable bonds is 5. The standard InChI is InChI=1S/C36H50N2O7/c1-24-14-13-15-27-20-29(22-30(39)21-27)38-33(41)23-31(44-4)18-11-6-5-7-12-19-32(40)25(2)34(24)45-36(43)26(3)37-35(42)28-16-9-8-10-17-28/h5-7,11-12,14,18,20-22,25-26,28,31-32,34,39-40H,8-10,13,15-17,19,23H2,1-4H3,(H,37,42)(H,38,41)/b6-5+,12-7+,18-11-,24-14-/t25?,26-,31?,32?,34?/m1/s1. The van der Waals surface area contributed by atoms with Crippen LogP contribution in [0, 0.1) is 11.8 Å². The number of methoxy groups -OCH3 is 1. The Morgan fingerprint density at radius 3 is 2.53 bits per heavy atom. The lowest BCUT2D eigenvalue weighted by Crippen LogP contribution is -2.45. The van der Waals surface area contributed by atoms with Crippen LogP contribution >= 0.6 is 0 Å². The maximum Gasteiger partial charge on any atom is 0.328 e. The van der Waals surface area contributed by atoms with Gasteiger partial charge in [-0.3, -0.25) is 9.59 Å². The summed E-state index contributed by atoms with van der Waals surface area (Å²) in [5.41, 5.74) is 2.08. The number of aromatic hydroxyl groups is 1. The predicted molar refractivity (Wildman–Crippen MR) is 175 cm³/mol. The van der Waals surface area contributed by atoms with Crippen LogP contribution in [-0.4, -0.2) is 59.5 Å². The van der Waals surface area contributed by atoms with Crippen LogP contribution in [0.4, 0.5) is 5.69 Å². The number of benzene rings is 1. The summed E-state index contributed by atoms with van der Waals surface area (Å²) in [6, 6.07) is 4.14. The zero-order chi connectivity index (χ0) is 32.8. The van der Waals surface area contributed by atoms with Crippen LogP contribution in [0.3, 0.4) is 0 Å². The first-order valence-corrected chi connectivity index (χ1v) is 16.1. The van der Waals surface area contributed by atoms with Gasteiger partial charge in [-0.25, -0.2) is 4.79 Å². The van der Waals surface area contributed by atoms with E-state index < -0.39 is 36.2 Å². The third-order valence-electron chi connectivity index (χ3n) is 8.49. The first kappa shape index (κ1) is 35.8. The molecule has 4 N–H and O–H groups in total. The topological polar surface area (TPSA) is 134 Å². The number of aryl methyl sites for hydroxylation is 1. The molecule has 5 atom stereocenters. The van der Waals surface area contributed by atoms with Crippen LogP contribution < -0.4 is 10.6 Å². The van der Waals surface area contributed by atoms with Crippen molar-refractivity contribution in [3.8, 4) is 5.75 Å². The summed E-state index contributed by atoms with van der Waals surface area (Å²) in [4.78, 5) is 38.7. The van der Waals surface area contributed by atoms with E-state index in [1.165, 1.54) is 13.2 Å². The van der Waals surface area contributed by atoms with Crippen molar-refractivity contribution >= 4 is 23.5 Å². The van der Waals surface area contributed by atoms with E-state index in [0.717, 1.165) is 43.2 Å². The van der Waals surface area contributed by atoms with Crippen molar-refractivity contribution in [2.45, 2.75) is 103 Å². The summed E-state index contributed by atoms with van der Waals surface area (Å²) in [5, 5.41) is 27.1. The number of esters is 1. The smallest absolute Gasteiger partial charge is 0.328 e. The van der Waals surface area contributed by atoms with E-state index in [4.69, 9.17) is 9.47 Å². The van der Waals surface area contributed by atoms with Gasteiger partial charge in [0.2, 0.25) is 11.8 Å². The van der Waals surface area contributed by atoms with E-state index in [-0.39, 0.29) is 29.9 Å². The molecule has 246 valence electrons. The Morgan fingerprint density at radius 2 is 1.80 bits per heavy atom. The molecular weight excluding hydrogens is 572 g/mol. The van der Waals surface area contributed by atoms with Gasteiger partial charge in [-0.2, -0.15) is 0 Å². The number of anilines is 1. The van der Waals surface area contributed by atoms with Gasteiger partial charge >= 0.3 is 5.97 Å². The molecular formula is C36H50N2O7. The maximum atomic E-state index is 13.2. The van der Waals surface area contributed by atoms with E-state index in [9.17, 15) is 24.6 Å². The molecule has 1 aliphatic carbocycles. The molecule has 1 heterocycles. The molecule has 9 nitrogen and oxygen atoms in total. The molecule has 2 aliphatic rings. The Balaban J connectivity index is 1.81. The number of aliphatic hydroxyl groups is 1. The fourth-order valence-corrected chi connectivity index (χ4v) is 5.72. The molecule has 2 amide bonds. The number of nitrogens with one attached hydrogen (secondary N) is 2. The minimum Gasteiger partial charge on any atom is -0.508 e. The number of phenolic OH excluding ortho intramolecular Hbond substituents is 1. The van der Waals surface area contributed by atoms with Gasteiger partial charge in [0.25, 0.3) is 0 Å². The predicted octanol–water partition coefficient (Wildman–Crippen LogP) is 5.68. The van der Waals surface area contributed by atoms with Gasteiger partial charge in [0.15, 0.2) is 0 Å². The van der Waals surface area contributed by atoms with E-state index in [1.807, 2.05) is 44.2 Å². The minimum atomic E-state index is -0.821. The Hall–Kier alpha value is -3.69. The highest BCUT2D eigenvalue weighted by Gasteiger charge is 2.31. The Labute approximate surface area is 267 Å². The molecule has 9 heteroatoms. The third-order valence-corrected chi connectivity index (χ3v) is 8.49. The van der Waals surface area contributed by atoms with Crippen LogP contribution in [0.25, 0.3) is 0 Å². The van der Waals surface area contributed by atoms with E-state index >= 15 is 0 Å². The molecule has 1 fully saturated rings. The summed E-state index contributed by atoms with van der Waals surface area (Å²) in [6.07, 6.45) is 17.3. The normalized spacial score (nSPS) is 28.2. The van der Waals surface area contributed by atoms with Crippen LogP contribution in [0.2, 0.25) is 0 Å². The highest BCUT2D eigenvalue weighted by Crippen LogP contribution is 2.26. The SMILES string of the molecule is COC1\C=C/C=C/C=C/CC(O)C(C)C(OC(=O)[C@@H](C)NC(=O)C2CCCCC2)/C(C)=C\CCc2cc(O)cc(c2)NC(=O)C1. The van der Waals surface area contributed by atoms with Crippen LogP contribution in [0.5, 0.6) is 5.75 Å². The second kappa shape index (κ2) is 18.3. The van der Waals surface area contributed by atoms with Gasteiger partial charge in [0, 0.05) is 30.7 Å². The molecule has 1 aromatic carbocycles. The lowest BCUT2D eigenvalue weighted by Gasteiger charge is -2.30. The molecule has 2 bridgehead atoms. The number of aliphatic hydroxyl groups excluding tert-OH is 1. The molecule has 0 spiro atoms. The summed E-state index contributed by atoms with van der Waals surface area (Å²) in [5.74, 6) is -1.37. The molecule has 0 saturated heterocycles. The van der Waals surface area contributed by atoms with Crippen molar-refractivity contribution in [2.75, 3.05) is 12.4 Å². The average molecular weight is 623 g/mol. The summed E-state index contributed by atoms with van der Waals surface area (Å²) < 4.78 is 11.4. The van der Waals surface area contributed by atoms with E-state index in [0.29, 0.717) is 24.9 Å². The van der Waals surface area contributed by atoms with E-state index in [2.05, 4.69) is 10.6 Å². The fraction of sp³-hybridized carbons (Fsp3) is 0.528. The summed E-state index contributed by atoms with van der Waals surface area (Å²) >= 11 is 0. The number of hydrogen-bond acceptors (Lipinski definition) is 7. The zero-order valence-electron chi connectivity index (χ0n) is 27.0. The highest BCUT2D eigenvalue weighted by molar-refractivity contribution is 5.91. The molecule has 1 aliphatic heterocycles. The van der Waals surface area contributed by atoms with Crippen molar-refractivity contribution in [1.82, 2.24) is 5.32 Å². The molecule has 0 radical (unpaired) electrons. The number of ether oxygens (including phenoxy) is 2. The Kier molecular flexibility index (Phi) is 14.6. The van der Waals surface area contributed by atoms with Crippen LogP contribution in [0.15, 0.2) is 66.3 Å². The number of allylic oxidation sites excluding steroid dienone is 5. The average Bonchev–Trinajstić information content (AvgIpc) is 3.01. The fourth-order valence-electron chi connectivity index (χ4n) is 5.72. The van der Waals surface area contributed by atoms with Crippen LogP contribution in [-0.2, 0) is 30.3 Å². The van der Waals surface area contributed by atoms with Gasteiger partial charge < -0.3 is 30.3 Å². The number of fused-ring (bicyclic) bond motifs is 2. The van der Waals surface area contributed by atoms with Gasteiger partial charge in [-0.1, -0.05) is 68.7 Å². The highest BCUT2D eigenvalue weighted by atomic mass is 16.5. The lowest BCUT2D eigenvalue weighted by atomic mass is 9.88. The molecule has 0 aromatic heterocycles. The van der Waals surface area contributed by atoms with Crippen molar-refractivity contribution in [2.24, 2.45) is 11.8 Å². The summed E-state index contributed by atoms with van der Waals surface area (Å²) in [7, 11) is 1.54. The van der Waals surface area contributed by atoms with Gasteiger partial charge in [0.05, 0.1) is 18.6 Å². The minimum absolute atomic E-state index is 0.0375. The van der Waals surface area contributed by atoms with Crippen molar-refractivity contribution in [1.29, 1.82) is 0 Å². The Morgan fingerprint density at radius 1 is 1.07 bits per heavy atom. The summed E-state index contributed by atoms with van der Waals surface area (Å²) in [6.45, 7) is 5.35. The number of hydrogen-bond donors (Lipinski definition) is 4. The number of amides is 2. The maximum absolute atomic E-state index is 13.2. The molecule has 1 aromatic rings. The monoisotopic (exact) mass is 622 g/mol. The van der Waals surface area contributed by atoms with Gasteiger partial charge in [-0.05, 0) is 69.2 Å². The lowest BCUT2D eigenvalue weighted by molar-refractivity contribution is -0.155. The third kappa shape index (κ3) is 12.0.